The number of hydrogen-bond acceptors (Lipinski definition) is 3. The summed E-state index contributed by atoms with van der Waals surface area (Å²) in [4.78, 5) is 4.32. The van der Waals surface area contributed by atoms with E-state index in [1.165, 1.54) is 16.7 Å². The van der Waals surface area contributed by atoms with Crippen molar-refractivity contribution in [2.75, 3.05) is 13.7 Å². The van der Waals surface area contributed by atoms with Crippen LogP contribution in [0.4, 0.5) is 0 Å². The highest BCUT2D eigenvalue weighted by Gasteiger charge is 2.19. The maximum atomic E-state index is 5.41. The van der Waals surface area contributed by atoms with Crippen LogP contribution in [0, 0.1) is 13.8 Å². The number of nitrogens with zero attached hydrogens (tertiary/aromatic N) is 1. The summed E-state index contributed by atoms with van der Waals surface area (Å²) in [5.41, 5.74) is 4.88. The molecule has 1 atom stereocenters. The highest BCUT2D eigenvalue weighted by molar-refractivity contribution is 5.42. The molecule has 0 spiro atoms. The van der Waals surface area contributed by atoms with Crippen molar-refractivity contribution in [3.8, 4) is 5.88 Å². The molecule has 1 aromatic carbocycles. The molecule has 3 heteroatoms. The largest absolute Gasteiger partial charge is 0.481 e. The lowest BCUT2D eigenvalue weighted by atomic mass is 9.94. The van der Waals surface area contributed by atoms with Crippen molar-refractivity contribution in [2.24, 2.45) is 0 Å². The molecule has 0 radical (unpaired) electrons. The van der Waals surface area contributed by atoms with Crippen molar-refractivity contribution in [3.63, 3.8) is 0 Å². The molecule has 0 aliphatic heterocycles. The van der Waals surface area contributed by atoms with Gasteiger partial charge >= 0.3 is 0 Å². The van der Waals surface area contributed by atoms with Crippen molar-refractivity contribution >= 4 is 0 Å². The first kappa shape index (κ1) is 14.5. The number of hydrogen-bond donors (Lipinski definition) is 1. The number of pyridine rings is 1. The molecule has 0 bridgehead atoms. The van der Waals surface area contributed by atoms with E-state index in [2.05, 4.69) is 55.3 Å². The summed E-state index contributed by atoms with van der Waals surface area (Å²) in [6.45, 7) is 7.26. The third-order valence-electron chi connectivity index (χ3n) is 3.46. The van der Waals surface area contributed by atoms with Crippen LogP contribution >= 0.6 is 0 Å². The number of benzene rings is 1. The van der Waals surface area contributed by atoms with Gasteiger partial charge < -0.3 is 10.1 Å². The average molecular weight is 270 g/mol. The van der Waals surface area contributed by atoms with Crippen molar-refractivity contribution in [3.05, 3.63) is 58.8 Å². The molecule has 0 aliphatic rings. The van der Waals surface area contributed by atoms with E-state index in [9.17, 15) is 0 Å². The van der Waals surface area contributed by atoms with E-state index >= 15 is 0 Å². The van der Waals surface area contributed by atoms with Crippen molar-refractivity contribution < 1.29 is 4.74 Å². The van der Waals surface area contributed by atoms with E-state index in [0.29, 0.717) is 5.88 Å². The summed E-state index contributed by atoms with van der Waals surface area (Å²) in [5.74, 6) is 0.680. The molecular formula is C17H22N2O. The number of rotatable bonds is 5. The van der Waals surface area contributed by atoms with E-state index in [1.54, 1.807) is 13.3 Å². The molecule has 0 fully saturated rings. The second-order valence-corrected chi connectivity index (χ2v) is 4.95. The Labute approximate surface area is 121 Å². The minimum absolute atomic E-state index is 0.101. The van der Waals surface area contributed by atoms with Gasteiger partial charge in [0.15, 0.2) is 0 Å². The van der Waals surface area contributed by atoms with Crippen molar-refractivity contribution in [2.45, 2.75) is 26.8 Å². The minimum atomic E-state index is 0.101. The lowest BCUT2D eigenvalue weighted by molar-refractivity contribution is 0.387. The molecule has 1 unspecified atom stereocenters. The average Bonchev–Trinajstić information content (AvgIpc) is 2.47. The maximum Gasteiger partial charge on any atom is 0.218 e. The lowest BCUT2D eigenvalue weighted by Gasteiger charge is -2.22. The second-order valence-electron chi connectivity index (χ2n) is 4.95. The van der Waals surface area contributed by atoms with Gasteiger partial charge in [0.05, 0.1) is 13.2 Å². The molecule has 1 aromatic heterocycles. The Balaban J connectivity index is 2.53. The van der Waals surface area contributed by atoms with E-state index < -0.39 is 0 Å². The van der Waals surface area contributed by atoms with Gasteiger partial charge in [-0.25, -0.2) is 4.98 Å². The predicted octanol–water partition coefficient (Wildman–Crippen LogP) is 3.41. The van der Waals surface area contributed by atoms with Gasteiger partial charge in [-0.15, -0.1) is 0 Å². The SMILES string of the molecule is CCNC(c1cc(C)ccc1C)c1cccnc1OC. The van der Waals surface area contributed by atoms with Gasteiger partial charge in [0, 0.05) is 11.8 Å². The Morgan fingerprint density at radius 1 is 1.20 bits per heavy atom. The Kier molecular flexibility index (Phi) is 4.74. The number of aryl methyl sites for hydroxylation is 2. The first-order valence-electron chi connectivity index (χ1n) is 6.96. The molecule has 3 nitrogen and oxygen atoms in total. The van der Waals surface area contributed by atoms with Crippen LogP contribution in [0.5, 0.6) is 5.88 Å². The number of nitrogens with one attached hydrogen (secondary N) is 1. The number of methoxy groups -OCH3 is 1. The van der Waals surface area contributed by atoms with Gasteiger partial charge in [0.25, 0.3) is 0 Å². The van der Waals surface area contributed by atoms with Crippen LogP contribution in [0.15, 0.2) is 36.5 Å². The lowest BCUT2D eigenvalue weighted by Crippen LogP contribution is -2.23. The molecule has 0 amide bonds. The van der Waals surface area contributed by atoms with Gasteiger partial charge in [0.1, 0.15) is 0 Å². The summed E-state index contributed by atoms with van der Waals surface area (Å²) in [5, 5.41) is 3.54. The van der Waals surface area contributed by atoms with E-state index in [-0.39, 0.29) is 6.04 Å². The minimum Gasteiger partial charge on any atom is -0.481 e. The van der Waals surface area contributed by atoms with Crippen LogP contribution in [0.25, 0.3) is 0 Å². The zero-order chi connectivity index (χ0) is 14.5. The zero-order valence-electron chi connectivity index (χ0n) is 12.6. The first-order valence-corrected chi connectivity index (χ1v) is 6.96. The fraction of sp³-hybridized carbons (Fsp3) is 0.353. The van der Waals surface area contributed by atoms with E-state index in [0.717, 1.165) is 12.1 Å². The van der Waals surface area contributed by atoms with Crippen LogP contribution < -0.4 is 10.1 Å². The molecule has 106 valence electrons. The second kappa shape index (κ2) is 6.53. The third kappa shape index (κ3) is 2.99. The molecule has 1 heterocycles. The molecule has 0 saturated carbocycles. The normalized spacial score (nSPS) is 12.2. The van der Waals surface area contributed by atoms with E-state index in [4.69, 9.17) is 4.74 Å². The van der Waals surface area contributed by atoms with Crippen molar-refractivity contribution in [1.29, 1.82) is 0 Å². The van der Waals surface area contributed by atoms with Gasteiger partial charge in [-0.2, -0.15) is 0 Å². The highest BCUT2D eigenvalue weighted by atomic mass is 16.5. The standard InChI is InChI=1S/C17H22N2O/c1-5-18-16(14-7-6-10-19-17(14)20-4)15-11-12(2)8-9-13(15)3/h6-11,16,18H,5H2,1-4H3. The molecule has 2 rings (SSSR count). The predicted molar refractivity (Wildman–Crippen MR) is 82.2 cm³/mol. The molecule has 0 saturated heterocycles. The molecule has 1 N–H and O–H groups in total. The summed E-state index contributed by atoms with van der Waals surface area (Å²) in [6, 6.07) is 10.7. The molecule has 0 aliphatic carbocycles. The number of aromatic nitrogens is 1. The summed E-state index contributed by atoms with van der Waals surface area (Å²) in [6.07, 6.45) is 1.76. The molecule has 2 aromatic rings. The Bertz CT molecular complexity index is 581. The molecule has 20 heavy (non-hydrogen) atoms. The maximum absolute atomic E-state index is 5.41. The van der Waals surface area contributed by atoms with Crippen molar-refractivity contribution in [1.82, 2.24) is 10.3 Å². The van der Waals surface area contributed by atoms with Crippen LogP contribution in [-0.4, -0.2) is 18.6 Å². The summed E-state index contributed by atoms with van der Waals surface area (Å²) in [7, 11) is 1.66. The molecular weight excluding hydrogens is 248 g/mol. The topological polar surface area (TPSA) is 34.2 Å². The Hall–Kier alpha value is -1.87. The fourth-order valence-corrected chi connectivity index (χ4v) is 2.46. The monoisotopic (exact) mass is 270 g/mol. The smallest absolute Gasteiger partial charge is 0.218 e. The van der Waals surface area contributed by atoms with Gasteiger partial charge in [-0.3, -0.25) is 0 Å². The number of ether oxygens (including phenoxy) is 1. The van der Waals surface area contributed by atoms with Gasteiger partial charge in [0.2, 0.25) is 5.88 Å². The highest BCUT2D eigenvalue weighted by Crippen LogP contribution is 2.30. The van der Waals surface area contributed by atoms with Crippen LogP contribution in [0.1, 0.15) is 35.2 Å². The summed E-state index contributed by atoms with van der Waals surface area (Å²) < 4.78 is 5.41. The Morgan fingerprint density at radius 2 is 2.00 bits per heavy atom. The first-order chi connectivity index (χ1) is 9.67. The van der Waals surface area contributed by atoms with Crippen LogP contribution in [-0.2, 0) is 0 Å². The third-order valence-corrected chi connectivity index (χ3v) is 3.46. The van der Waals surface area contributed by atoms with E-state index in [1.807, 2.05) is 6.07 Å². The zero-order valence-corrected chi connectivity index (χ0v) is 12.6. The van der Waals surface area contributed by atoms with Gasteiger partial charge in [-0.05, 0) is 37.6 Å². The summed E-state index contributed by atoms with van der Waals surface area (Å²) >= 11 is 0. The van der Waals surface area contributed by atoms with Gasteiger partial charge in [-0.1, -0.05) is 36.8 Å². The fourth-order valence-electron chi connectivity index (χ4n) is 2.46. The van der Waals surface area contributed by atoms with Crippen LogP contribution in [0.2, 0.25) is 0 Å². The van der Waals surface area contributed by atoms with Crippen LogP contribution in [0.3, 0.4) is 0 Å². The quantitative estimate of drug-likeness (QED) is 0.904. The Morgan fingerprint density at radius 3 is 2.70 bits per heavy atom.